The van der Waals surface area contributed by atoms with Gasteiger partial charge >= 0.3 is 0 Å². The lowest BCUT2D eigenvalue weighted by atomic mass is 9.75. The molecule has 0 atom stereocenters. The molecule has 0 aliphatic heterocycles. The highest BCUT2D eigenvalue weighted by atomic mass is 16.5. The Morgan fingerprint density at radius 1 is 1.44 bits per heavy atom. The first kappa shape index (κ1) is 11.0. The van der Waals surface area contributed by atoms with Crippen molar-refractivity contribution < 1.29 is 4.74 Å². The first-order valence-corrected chi connectivity index (χ1v) is 5.47. The normalized spacial score (nSPS) is 27.9. The van der Waals surface area contributed by atoms with Crippen molar-refractivity contribution in [2.45, 2.75) is 31.4 Å². The average Bonchev–Trinajstić information content (AvgIpc) is 2.25. The maximum atomic E-state index is 9.23. The summed E-state index contributed by atoms with van der Waals surface area (Å²) in [5.41, 5.74) is 1.77. The van der Waals surface area contributed by atoms with Crippen LogP contribution in [0.1, 0.15) is 18.4 Å². The van der Waals surface area contributed by atoms with Gasteiger partial charge in [0.1, 0.15) is 5.54 Å². The van der Waals surface area contributed by atoms with Gasteiger partial charge in [-0.15, -0.1) is 0 Å². The first-order chi connectivity index (χ1) is 7.69. The number of hydrogen-bond donors (Lipinski definition) is 1. The third-order valence-corrected chi connectivity index (χ3v) is 3.22. The van der Waals surface area contributed by atoms with Crippen LogP contribution < -0.4 is 5.32 Å². The molecule has 1 aliphatic rings. The van der Waals surface area contributed by atoms with Gasteiger partial charge in [-0.1, -0.05) is 18.2 Å². The van der Waals surface area contributed by atoms with Gasteiger partial charge in [0.15, 0.2) is 0 Å². The second kappa shape index (κ2) is 4.15. The van der Waals surface area contributed by atoms with E-state index in [1.807, 2.05) is 31.2 Å². The van der Waals surface area contributed by atoms with E-state index in [0.29, 0.717) is 0 Å². The Labute approximate surface area is 96.0 Å². The molecule has 0 unspecified atom stereocenters. The minimum absolute atomic E-state index is 0.219. The minimum Gasteiger partial charge on any atom is -0.381 e. The van der Waals surface area contributed by atoms with Crippen molar-refractivity contribution in [3.63, 3.8) is 0 Å². The van der Waals surface area contributed by atoms with Crippen molar-refractivity contribution in [3.8, 4) is 6.07 Å². The van der Waals surface area contributed by atoms with Crippen LogP contribution >= 0.6 is 0 Å². The van der Waals surface area contributed by atoms with E-state index in [-0.39, 0.29) is 6.10 Å². The molecule has 0 radical (unpaired) electrons. The number of aryl methyl sites for hydroxylation is 1. The molecule has 3 heteroatoms. The fourth-order valence-electron chi connectivity index (χ4n) is 2.08. The highest BCUT2D eigenvalue weighted by molar-refractivity contribution is 5.54. The summed E-state index contributed by atoms with van der Waals surface area (Å²) in [7, 11) is 1.69. The highest BCUT2D eigenvalue weighted by Crippen LogP contribution is 2.37. The van der Waals surface area contributed by atoms with E-state index >= 15 is 0 Å². The van der Waals surface area contributed by atoms with Crippen LogP contribution in [0, 0.1) is 18.3 Å². The predicted molar refractivity (Wildman–Crippen MR) is 63.2 cm³/mol. The van der Waals surface area contributed by atoms with Crippen LogP contribution in [0.3, 0.4) is 0 Å². The van der Waals surface area contributed by atoms with E-state index in [4.69, 9.17) is 4.74 Å². The Balaban J connectivity index is 2.10. The topological polar surface area (TPSA) is 45.0 Å². The van der Waals surface area contributed by atoms with Crippen LogP contribution in [0.25, 0.3) is 0 Å². The average molecular weight is 216 g/mol. The zero-order valence-corrected chi connectivity index (χ0v) is 9.66. The number of nitrogens with one attached hydrogen (secondary N) is 1. The van der Waals surface area contributed by atoms with Gasteiger partial charge in [-0.2, -0.15) is 5.26 Å². The lowest BCUT2D eigenvalue weighted by molar-refractivity contribution is 0.0129. The standard InChI is InChI=1S/C13H16N2O/c1-10-5-3-4-6-12(10)15-13(9-14)7-11(8-13)16-2/h3-6,11,15H,7-8H2,1-2H3. The van der Waals surface area contributed by atoms with Gasteiger partial charge in [-0.25, -0.2) is 0 Å². The molecule has 0 spiro atoms. The number of para-hydroxylation sites is 1. The summed E-state index contributed by atoms with van der Waals surface area (Å²) in [5, 5.41) is 12.6. The summed E-state index contributed by atoms with van der Waals surface area (Å²) in [4.78, 5) is 0. The van der Waals surface area contributed by atoms with Crippen LogP contribution in [-0.4, -0.2) is 18.8 Å². The van der Waals surface area contributed by atoms with Gasteiger partial charge in [-0.05, 0) is 18.6 Å². The maximum absolute atomic E-state index is 9.23. The molecule has 0 bridgehead atoms. The summed E-state index contributed by atoms with van der Waals surface area (Å²) in [6.07, 6.45) is 1.74. The number of nitrogens with zero attached hydrogens (tertiary/aromatic N) is 1. The van der Waals surface area contributed by atoms with Gasteiger partial charge in [0.05, 0.1) is 12.2 Å². The third kappa shape index (κ3) is 1.89. The summed E-state index contributed by atoms with van der Waals surface area (Å²) in [6.45, 7) is 2.04. The quantitative estimate of drug-likeness (QED) is 0.844. The summed E-state index contributed by atoms with van der Waals surface area (Å²) in [5.74, 6) is 0. The fraction of sp³-hybridized carbons (Fsp3) is 0.462. The molecule has 1 N–H and O–H groups in total. The van der Waals surface area contributed by atoms with Gasteiger partial charge in [0, 0.05) is 25.6 Å². The number of ether oxygens (including phenoxy) is 1. The van der Waals surface area contributed by atoms with E-state index in [9.17, 15) is 5.26 Å². The molecule has 84 valence electrons. The Morgan fingerprint density at radius 3 is 2.69 bits per heavy atom. The van der Waals surface area contributed by atoms with Crippen molar-refractivity contribution >= 4 is 5.69 Å². The van der Waals surface area contributed by atoms with Gasteiger partial charge < -0.3 is 10.1 Å². The van der Waals surface area contributed by atoms with Crippen LogP contribution in [0.4, 0.5) is 5.69 Å². The molecule has 16 heavy (non-hydrogen) atoms. The molecule has 0 aromatic heterocycles. The molecule has 2 rings (SSSR count). The Bertz CT molecular complexity index is 416. The molecule has 1 aromatic carbocycles. The van der Waals surface area contributed by atoms with E-state index < -0.39 is 5.54 Å². The van der Waals surface area contributed by atoms with Crippen molar-refractivity contribution in [2.75, 3.05) is 12.4 Å². The van der Waals surface area contributed by atoms with Crippen molar-refractivity contribution in [3.05, 3.63) is 29.8 Å². The Kier molecular flexibility index (Phi) is 2.84. The molecule has 1 aromatic rings. The zero-order valence-electron chi connectivity index (χ0n) is 9.66. The van der Waals surface area contributed by atoms with Gasteiger partial charge in [0.25, 0.3) is 0 Å². The zero-order chi connectivity index (χ0) is 11.6. The SMILES string of the molecule is COC1CC(C#N)(Nc2ccccc2C)C1. The minimum atomic E-state index is -0.438. The number of nitriles is 1. The molecule has 1 fully saturated rings. The van der Waals surface area contributed by atoms with E-state index in [1.54, 1.807) is 7.11 Å². The second-order valence-corrected chi connectivity index (χ2v) is 4.40. The molecular weight excluding hydrogens is 200 g/mol. The van der Waals surface area contributed by atoms with Gasteiger partial charge in [-0.3, -0.25) is 0 Å². The number of benzene rings is 1. The summed E-state index contributed by atoms with van der Waals surface area (Å²) >= 11 is 0. The van der Waals surface area contributed by atoms with Crippen LogP contribution in [0.15, 0.2) is 24.3 Å². The summed E-state index contributed by atoms with van der Waals surface area (Å²) in [6, 6.07) is 10.4. The molecule has 1 saturated carbocycles. The number of anilines is 1. The molecular formula is C13H16N2O. The van der Waals surface area contributed by atoms with Crippen molar-refractivity contribution in [1.29, 1.82) is 5.26 Å². The van der Waals surface area contributed by atoms with E-state index in [1.165, 1.54) is 0 Å². The molecule has 0 amide bonds. The molecule has 0 saturated heterocycles. The molecule has 1 aliphatic carbocycles. The largest absolute Gasteiger partial charge is 0.381 e. The van der Waals surface area contributed by atoms with Crippen LogP contribution in [0.2, 0.25) is 0 Å². The third-order valence-electron chi connectivity index (χ3n) is 3.22. The highest BCUT2D eigenvalue weighted by Gasteiger charge is 2.45. The Hall–Kier alpha value is -1.53. The fourth-order valence-corrected chi connectivity index (χ4v) is 2.08. The summed E-state index contributed by atoms with van der Waals surface area (Å²) < 4.78 is 5.22. The van der Waals surface area contributed by atoms with E-state index in [0.717, 1.165) is 24.1 Å². The van der Waals surface area contributed by atoms with Gasteiger partial charge in [0.2, 0.25) is 0 Å². The lowest BCUT2D eigenvalue weighted by Gasteiger charge is -2.42. The van der Waals surface area contributed by atoms with E-state index in [2.05, 4.69) is 11.4 Å². The monoisotopic (exact) mass is 216 g/mol. The number of hydrogen-bond acceptors (Lipinski definition) is 3. The first-order valence-electron chi connectivity index (χ1n) is 5.47. The second-order valence-electron chi connectivity index (χ2n) is 4.40. The van der Waals surface area contributed by atoms with Crippen LogP contribution in [-0.2, 0) is 4.74 Å². The predicted octanol–water partition coefficient (Wildman–Crippen LogP) is 2.48. The maximum Gasteiger partial charge on any atom is 0.130 e. The Morgan fingerprint density at radius 2 is 2.12 bits per heavy atom. The van der Waals surface area contributed by atoms with Crippen molar-refractivity contribution in [2.24, 2.45) is 0 Å². The number of methoxy groups -OCH3 is 1. The molecule has 3 nitrogen and oxygen atoms in total. The molecule has 0 heterocycles. The van der Waals surface area contributed by atoms with Crippen LogP contribution in [0.5, 0.6) is 0 Å². The smallest absolute Gasteiger partial charge is 0.130 e. The van der Waals surface area contributed by atoms with Crippen molar-refractivity contribution in [1.82, 2.24) is 0 Å². The number of rotatable bonds is 3. The lowest BCUT2D eigenvalue weighted by Crippen LogP contribution is -2.52.